The highest BCUT2D eigenvalue weighted by atomic mass is 32.1. The number of nitrogens with zero attached hydrogens (tertiary/aromatic N) is 2. The number of carbonyl (C=O) groups excluding carboxylic acids is 2. The fourth-order valence-corrected chi connectivity index (χ4v) is 5.10. The third-order valence-electron chi connectivity index (χ3n) is 6.28. The van der Waals surface area contributed by atoms with Crippen molar-refractivity contribution in [1.82, 2.24) is 15.5 Å². The van der Waals surface area contributed by atoms with Crippen molar-refractivity contribution in [2.45, 2.75) is 69.4 Å². The van der Waals surface area contributed by atoms with Gasteiger partial charge in [-0.25, -0.2) is 0 Å². The third kappa shape index (κ3) is 6.28. The molecule has 2 aliphatic rings. The second-order valence-electron chi connectivity index (χ2n) is 8.60. The van der Waals surface area contributed by atoms with Gasteiger partial charge in [-0.1, -0.05) is 38.2 Å². The van der Waals surface area contributed by atoms with Crippen molar-refractivity contribution in [3.05, 3.63) is 22.4 Å². The van der Waals surface area contributed by atoms with E-state index in [4.69, 9.17) is 0 Å². The molecule has 2 N–H and O–H groups in total. The molecule has 1 aromatic rings. The highest BCUT2D eigenvalue weighted by Gasteiger charge is 2.37. The molecule has 7 heteroatoms. The summed E-state index contributed by atoms with van der Waals surface area (Å²) in [5.41, 5.74) is -0.827. The van der Waals surface area contributed by atoms with Crippen LogP contribution < -0.4 is 10.6 Å². The van der Waals surface area contributed by atoms with Crippen LogP contribution in [0.15, 0.2) is 17.5 Å². The third-order valence-corrected chi connectivity index (χ3v) is 7.15. The Morgan fingerprint density at radius 1 is 1.31 bits per heavy atom. The van der Waals surface area contributed by atoms with Gasteiger partial charge in [0.2, 0.25) is 11.8 Å². The standard InChI is InChI=1S/C22H32N4O2S/c1-26-11-9-22(16-23,10-12-26)25-21(28)19(14-17-6-3-2-4-7-17)24-20(27)15-18-8-5-13-29-18/h5,8,13,17,19H,2-4,6-7,9-12,14-15H2,1H3,(H,24,27)(H,25,28). The molecule has 1 atom stereocenters. The second-order valence-corrected chi connectivity index (χ2v) is 9.63. The van der Waals surface area contributed by atoms with Crippen molar-refractivity contribution in [3.8, 4) is 6.07 Å². The van der Waals surface area contributed by atoms with Gasteiger partial charge < -0.3 is 15.5 Å². The van der Waals surface area contributed by atoms with Crippen LogP contribution in [-0.4, -0.2) is 48.4 Å². The summed E-state index contributed by atoms with van der Waals surface area (Å²) in [5.74, 6) is 0.121. The van der Waals surface area contributed by atoms with E-state index in [0.29, 0.717) is 31.6 Å². The first-order valence-corrected chi connectivity index (χ1v) is 11.6. The van der Waals surface area contributed by atoms with Gasteiger partial charge >= 0.3 is 0 Å². The Balaban J connectivity index is 1.66. The molecule has 3 rings (SSSR count). The fraction of sp³-hybridized carbons (Fsp3) is 0.682. The maximum absolute atomic E-state index is 13.2. The lowest BCUT2D eigenvalue weighted by Gasteiger charge is -2.37. The number of carbonyl (C=O) groups is 2. The highest BCUT2D eigenvalue weighted by Crippen LogP contribution is 2.28. The van der Waals surface area contributed by atoms with Gasteiger partial charge in [-0.15, -0.1) is 11.3 Å². The van der Waals surface area contributed by atoms with E-state index in [2.05, 4.69) is 21.6 Å². The minimum absolute atomic E-state index is 0.127. The number of hydrogen-bond acceptors (Lipinski definition) is 5. The van der Waals surface area contributed by atoms with Crippen LogP contribution in [0, 0.1) is 17.2 Å². The molecule has 1 saturated heterocycles. The molecule has 158 valence electrons. The van der Waals surface area contributed by atoms with Gasteiger partial charge in [0.15, 0.2) is 0 Å². The zero-order valence-corrected chi connectivity index (χ0v) is 18.1. The predicted molar refractivity (Wildman–Crippen MR) is 114 cm³/mol. The van der Waals surface area contributed by atoms with Crippen LogP contribution in [0.1, 0.15) is 56.2 Å². The van der Waals surface area contributed by atoms with Crippen LogP contribution in [0.3, 0.4) is 0 Å². The molecule has 2 amide bonds. The van der Waals surface area contributed by atoms with Gasteiger partial charge in [0, 0.05) is 18.0 Å². The number of thiophene rings is 1. The molecule has 6 nitrogen and oxygen atoms in total. The first-order chi connectivity index (χ1) is 14.0. The van der Waals surface area contributed by atoms with Crippen LogP contribution in [0.5, 0.6) is 0 Å². The maximum atomic E-state index is 13.2. The SMILES string of the molecule is CN1CCC(C#N)(NC(=O)C(CC2CCCCC2)NC(=O)Cc2cccs2)CC1. The van der Waals surface area contributed by atoms with E-state index in [0.717, 1.165) is 30.8 Å². The van der Waals surface area contributed by atoms with Crippen molar-refractivity contribution in [2.75, 3.05) is 20.1 Å². The van der Waals surface area contributed by atoms with Crippen molar-refractivity contribution in [3.63, 3.8) is 0 Å². The summed E-state index contributed by atoms with van der Waals surface area (Å²) in [7, 11) is 2.03. The monoisotopic (exact) mass is 416 g/mol. The van der Waals surface area contributed by atoms with Gasteiger partial charge in [0.05, 0.1) is 12.5 Å². The van der Waals surface area contributed by atoms with Crippen molar-refractivity contribution in [1.29, 1.82) is 5.26 Å². The Labute approximate surface area is 177 Å². The number of amides is 2. The quantitative estimate of drug-likeness (QED) is 0.716. The Bertz CT molecular complexity index is 714. The van der Waals surface area contributed by atoms with E-state index in [1.54, 1.807) is 11.3 Å². The van der Waals surface area contributed by atoms with Crippen LogP contribution in [-0.2, 0) is 16.0 Å². The molecule has 1 aliphatic heterocycles. The molecule has 1 unspecified atom stereocenters. The summed E-state index contributed by atoms with van der Waals surface area (Å²) in [6.07, 6.45) is 8.04. The Hall–Kier alpha value is -1.91. The van der Waals surface area contributed by atoms with Gasteiger partial charge in [-0.2, -0.15) is 5.26 Å². The summed E-state index contributed by atoms with van der Waals surface area (Å²) in [4.78, 5) is 28.9. The highest BCUT2D eigenvalue weighted by molar-refractivity contribution is 7.10. The normalized spacial score (nSPS) is 21.1. The molecule has 2 heterocycles. The lowest BCUT2D eigenvalue weighted by Crippen LogP contribution is -2.58. The molecule has 0 bridgehead atoms. The molecule has 0 spiro atoms. The fourth-order valence-electron chi connectivity index (χ4n) is 4.39. The van der Waals surface area contributed by atoms with Crippen molar-refractivity contribution >= 4 is 23.2 Å². The summed E-state index contributed by atoms with van der Waals surface area (Å²) in [5, 5.41) is 17.7. The van der Waals surface area contributed by atoms with Crippen molar-refractivity contribution < 1.29 is 9.59 Å². The first kappa shape index (κ1) is 21.8. The Morgan fingerprint density at radius 3 is 2.66 bits per heavy atom. The number of likely N-dealkylation sites (tertiary alicyclic amines) is 1. The predicted octanol–water partition coefficient (Wildman–Crippen LogP) is 2.85. The van der Waals surface area contributed by atoms with E-state index >= 15 is 0 Å². The maximum Gasteiger partial charge on any atom is 0.243 e. The summed E-state index contributed by atoms with van der Waals surface area (Å²) in [6, 6.07) is 5.63. The zero-order chi connectivity index (χ0) is 20.7. The summed E-state index contributed by atoms with van der Waals surface area (Å²) < 4.78 is 0. The van der Waals surface area contributed by atoms with E-state index < -0.39 is 11.6 Å². The van der Waals surface area contributed by atoms with Gasteiger partial charge in [-0.3, -0.25) is 9.59 Å². The lowest BCUT2D eigenvalue weighted by atomic mass is 9.84. The number of rotatable bonds is 7. The van der Waals surface area contributed by atoms with Crippen LogP contribution in [0.25, 0.3) is 0 Å². The molecule has 0 radical (unpaired) electrons. The molecule has 0 aromatic carbocycles. The number of hydrogen-bond donors (Lipinski definition) is 2. The molecule has 1 aromatic heterocycles. The largest absolute Gasteiger partial charge is 0.344 e. The number of nitriles is 1. The second kappa shape index (κ2) is 10.2. The van der Waals surface area contributed by atoms with Crippen molar-refractivity contribution in [2.24, 2.45) is 5.92 Å². The average molecular weight is 417 g/mol. The van der Waals surface area contributed by atoms with E-state index in [1.807, 2.05) is 24.6 Å². The Morgan fingerprint density at radius 2 is 2.03 bits per heavy atom. The first-order valence-electron chi connectivity index (χ1n) is 10.7. The zero-order valence-electron chi connectivity index (χ0n) is 17.3. The smallest absolute Gasteiger partial charge is 0.243 e. The van der Waals surface area contributed by atoms with E-state index in [-0.39, 0.29) is 11.8 Å². The van der Waals surface area contributed by atoms with Crippen LogP contribution in [0.2, 0.25) is 0 Å². The minimum Gasteiger partial charge on any atom is -0.344 e. The van der Waals surface area contributed by atoms with Gasteiger partial charge in [-0.05, 0) is 43.7 Å². The topological polar surface area (TPSA) is 85.2 Å². The molecule has 29 heavy (non-hydrogen) atoms. The minimum atomic E-state index is -0.827. The summed E-state index contributed by atoms with van der Waals surface area (Å²) >= 11 is 1.54. The average Bonchev–Trinajstić information content (AvgIpc) is 3.23. The van der Waals surface area contributed by atoms with Gasteiger partial charge in [0.25, 0.3) is 0 Å². The molecule has 2 fully saturated rings. The van der Waals surface area contributed by atoms with E-state index in [1.165, 1.54) is 19.3 Å². The van der Waals surface area contributed by atoms with E-state index in [9.17, 15) is 14.9 Å². The number of piperidine rings is 1. The Kier molecular flexibility index (Phi) is 7.68. The number of nitrogens with one attached hydrogen (secondary N) is 2. The van der Waals surface area contributed by atoms with Crippen LogP contribution in [0.4, 0.5) is 0 Å². The molecular weight excluding hydrogens is 384 g/mol. The summed E-state index contributed by atoms with van der Waals surface area (Å²) in [6.45, 7) is 1.57. The molecule has 1 saturated carbocycles. The van der Waals surface area contributed by atoms with Crippen LogP contribution >= 0.6 is 11.3 Å². The molecular formula is C22H32N4O2S. The lowest BCUT2D eigenvalue weighted by molar-refractivity contribution is -0.130. The molecule has 1 aliphatic carbocycles. The van der Waals surface area contributed by atoms with Gasteiger partial charge in [0.1, 0.15) is 11.6 Å².